The summed E-state index contributed by atoms with van der Waals surface area (Å²) in [6.07, 6.45) is 4.05. The minimum Gasteiger partial charge on any atom is -0.465 e. The lowest BCUT2D eigenvalue weighted by molar-refractivity contribution is -0.0389. The van der Waals surface area contributed by atoms with Gasteiger partial charge in [0.15, 0.2) is 6.29 Å². The maximum atomic E-state index is 9.91. The van der Waals surface area contributed by atoms with Crippen LogP contribution in [0.5, 0.6) is 5.75 Å². The Morgan fingerprint density at radius 2 is 1.93 bits per heavy atom. The number of benzene rings is 2. The lowest BCUT2D eigenvalue weighted by Crippen LogP contribution is -2.13. The monoisotopic (exact) mass is 359 g/mol. The summed E-state index contributed by atoms with van der Waals surface area (Å²) >= 11 is 0. The van der Waals surface area contributed by atoms with Crippen LogP contribution < -0.4 is 10.5 Å². The second-order valence-electron chi connectivity index (χ2n) is 7.30. The van der Waals surface area contributed by atoms with Crippen molar-refractivity contribution in [2.45, 2.75) is 38.0 Å². The van der Waals surface area contributed by atoms with E-state index in [0.717, 1.165) is 65.9 Å². The van der Waals surface area contributed by atoms with Crippen LogP contribution in [0, 0.1) is 11.3 Å². The van der Waals surface area contributed by atoms with Crippen LogP contribution in [0.15, 0.2) is 42.5 Å². The van der Waals surface area contributed by atoms with Gasteiger partial charge in [0.05, 0.1) is 23.4 Å². The van der Waals surface area contributed by atoms with Crippen LogP contribution in [0.1, 0.15) is 37.3 Å². The van der Waals surface area contributed by atoms with Gasteiger partial charge in [0.2, 0.25) is 0 Å². The number of aromatic nitrogens is 1. The summed E-state index contributed by atoms with van der Waals surface area (Å²) in [6, 6.07) is 16.6. The molecule has 5 nitrogen and oxygen atoms in total. The molecule has 5 heteroatoms. The van der Waals surface area contributed by atoms with Gasteiger partial charge in [-0.05, 0) is 49.1 Å². The average Bonchev–Trinajstić information content (AvgIpc) is 3.28. The molecule has 1 atom stereocenters. The molecule has 2 N–H and O–H groups in total. The van der Waals surface area contributed by atoms with Crippen molar-refractivity contribution in [3.05, 3.63) is 48.0 Å². The Morgan fingerprint density at radius 3 is 2.59 bits per heavy atom. The molecule has 136 valence electrons. The summed E-state index contributed by atoms with van der Waals surface area (Å²) < 4.78 is 13.9. The minimum atomic E-state index is -0.168. The molecule has 2 heterocycles. The van der Waals surface area contributed by atoms with Gasteiger partial charge < -0.3 is 19.8 Å². The molecule has 1 aliphatic carbocycles. The molecule has 0 bridgehead atoms. The highest BCUT2D eigenvalue weighted by Crippen LogP contribution is 2.45. The van der Waals surface area contributed by atoms with Crippen molar-refractivity contribution in [2.75, 3.05) is 12.3 Å². The van der Waals surface area contributed by atoms with Crippen LogP contribution in [0.2, 0.25) is 0 Å². The standard InChI is InChI=1S/C22H21N3O2/c23-13-19-18-10-9-17(27-21-2-1-11-26-21)12-20(18)25(16-7-8-16)22(19)14-3-5-15(24)6-4-14/h3-6,9-10,12,16,21H,1-2,7-8,11,24H2. The van der Waals surface area contributed by atoms with E-state index in [1.807, 2.05) is 36.4 Å². The molecule has 1 aromatic heterocycles. The summed E-state index contributed by atoms with van der Waals surface area (Å²) in [6.45, 7) is 0.755. The predicted molar refractivity (Wildman–Crippen MR) is 104 cm³/mol. The van der Waals surface area contributed by atoms with Gasteiger partial charge in [-0.15, -0.1) is 0 Å². The Bertz CT molecular complexity index is 1040. The van der Waals surface area contributed by atoms with Crippen molar-refractivity contribution in [3.63, 3.8) is 0 Å². The Morgan fingerprint density at radius 1 is 1.11 bits per heavy atom. The number of anilines is 1. The summed E-state index contributed by atoms with van der Waals surface area (Å²) in [5, 5.41) is 10.9. The predicted octanol–water partition coefficient (Wildman–Crippen LogP) is 4.61. The minimum absolute atomic E-state index is 0.168. The number of ether oxygens (including phenoxy) is 2. The van der Waals surface area contributed by atoms with Crippen LogP contribution in [-0.2, 0) is 4.74 Å². The van der Waals surface area contributed by atoms with Crippen molar-refractivity contribution >= 4 is 16.6 Å². The van der Waals surface area contributed by atoms with Crippen LogP contribution in [0.4, 0.5) is 5.69 Å². The third kappa shape index (κ3) is 2.83. The fourth-order valence-electron chi connectivity index (χ4n) is 3.91. The van der Waals surface area contributed by atoms with E-state index in [1.54, 1.807) is 0 Å². The number of nitriles is 1. The zero-order valence-corrected chi connectivity index (χ0v) is 15.0. The molecule has 2 aliphatic rings. The zero-order chi connectivity index (χ0) is 18.4. The number of nitrogen functional groups attached to an aromatic ring is 1. The van der Waals surface area contributed by atoms with E-state index < -0.39 is 0 Å². The first kappa shape index (κ1) is 16.2. The van der Waals surface area contributed by atoms with E-state index in [-0.39, 0.29) is 6.29 Å². The number of hydrogen-bond acceptors (Lipinski definition) is 4. The fraction of sp³-hybridized carbons (Fsp3) is 0.318. The number of rotatable bonds is 4. The molecule has 0 radical (unpaired) electrons. The van der Waals surface area contributed by atoms with Crippen molar-refractivity contribution in [1.29, 1.82) is 5.26 Å². The summed E-state index contributed by atoms with van der Waals surface area (Å²) in [5.74, 6) is 0.794. The molecule has 27 heavy (non-hydrogen) atoms. The van der Waals surface area contributed by atoms with Gasteiger partial charge in [-0.25, -0.2) is 0 Å². The molecular formula is C22H21N3O2. The zero-order valence-electron chi connectivity index (χ0n) is 15.0. The fourth-order valence-corrected chi connectivity index (χ4v) is 3.91. The highest BCUT2D eigenvalue weighted by molar-refractivity contribution is 5.95. The third-order valence-corrected chi connectivity index (χ3v) is 5.34. The van der Waals surface area contributed by atoms with E-state index in [0.29, 0.717) is 11.6 Å². The Labute approximate surface area is 157 Å². The lowest BCUT2D eigenvalue weighted by atomic mass is 10.1. The number of nitrogens with two attached hydrogens (primary N) is 1. The molecule has 1 unspecified atom stereocenters. The second kappa shape index (κ2) is 6.33. The highest BCUT2D eigenvalue weighted by Gasteiger charge is 2.31. The maximum absolute atomic E-state index is 9.91. The molecule has 2 fully saturated rings. The Hall–Kier alpha value is -2.97. The number of hydrogen-bond donors (Lipinski definition) is 1. The van der Waals surface area contributed by atoms with Crippen molar-refractivity contribution in [3.8, 4) is 23.1 Å². The van der Waals surface area contributed by atoms with Crippen molar-refractivity contribution in [1.82, 2.24) is 4.57 Å². The van der Waals surface area contributed by atoms with Gasteiger partial charge in [0.1, 0.15) is 11.8 Å². The molecule has 1 aliphatic heterocycles. The number of fused-ring (bicyclic) bond motifs is 1. The van der Waals surface area contributed by atoms with Gasteiger partial charge in [0, 0.05) is 29.6 Å². The quantitative estimate of drug-likeness (QED) is 0.690. The average molecular weight is 359 g/mol. The normalized spacial score (nSPS) is 19.3. The van der Waals surface area contributed by atoms with Crippen LogP contribution in [0.3, 0.4) is 0 Å². The van der Waals surface area contributed by atoms with Gasteiger partial charge in [-0.2, -0.15) is 5.26 Å². The van der Waals surface area contributed by atoms with Crippen molar-refractivity contribution in [2.24, 2.45) is 0 Å². The first-order valence-electron chi connectivity index (χ1n) is 9.47. The van der Waals surface area contributed by atoms with Gasteiger partial charge in [-0.1, -0.05) is 12.1 Å². The number of nitrogens with zero attached hydrogens (tertiary/aromatic N) is 2. The van der Waals surface area contributed by atoms with Crippen LogP contribution >= 0.6 is 0 Å². The van der Waals surface area contributed by atoms with Gasteiger partial charge in [0.25, 0.3) is 0 Å². The van der Waals surface area contributed by atoms with E-state index in [4.69, 9.17) is 15.2 Å². The van der Waals surface area contributed by atoms with E-state index >= 15 is 0 Å². The topological polar surface area (TPSA) is 73.2 Å². The highest BCUT2D eigenvalue weighted by atomic mass is 16.7. The van der Waals surface area contributed by atoms with E-state index in [2.05, 4.69) is 16.7 Å². The first-order chi connectivity index (χ1) is 13.2. The summed E-state index contributed by atoms with van der Waals surface area (Å²) in [5.41, 5.74) is 10.3. The summed E-state index contributed by atoms with van der Waals surface area (Å²) in [7, 11) is 0. The molecule has 0 amide bonds. The van der Waals surface area contributed by atoms with E-state index in [9.17, 15) is 5.26 Å². The largest absolute Gasteiger partial charge is 0.465 e. The van der Waals surface area contributed by atoms with Gasteiger partial charge in [-0.3, -0.25) is 0 Å². The molecule has 1 saturated carbocycles. The molecule has 3 aromatic rings. The molecule has 2 aromatic carbocycles. The molecule has 1 saturated heterocycles. The summed E-state index contributed by atoms with van der Waals surface area (Å²) in [4.78, 5) is 0. The van der Waals surface area contributed by atoms with Gasteiger partial charge >= 0.3 is 0 Å². The molecule has 0 spiro atoms. The van der Waals surface area contributed by atoms with Crippen molar-refractivity contribution < 1.29 is 9.47 Å². The SMILES string of the molecule is N#Cc1c(-c2ccc(N)cc2)n(C2CC2)c2cc(OC3CCCO3)ccc12. The first-order valence-corrected chi connectivity index (χ1v) is 9.47. The third-order valence-electron chi connectivity index (χ3n) is 5.34. The Kier molecular flexibility index (Phi) is 3.80. The Balaban J connectivity index is 1.68. The maximum Gasteiger partial charge on any atom is 0.199 e. The lowest BCUT2D eigenvalue weighted by Gasteiger charge is -2.14. The van der Waals surface area contributed by atoms with E-state index in [1.165, 1.54) is 0 Å². The van der Waals surface area contributed by atoms with Crippen LogP contribution in [-0.4, -0.2) is 17.5 Å². The smallest absolute Gasteiger partial charge is 0.199 e. The second-order valence-corrected chi connectivity index (χ2v) is 7.30. The molecule has 5 rings (SSSR count). The van der Waals surface area contributed by atoms with Crippen LogP contribution in [0.25, 0.3) is 22.2 Å². The molecular weight excluding hydrogens is 338 g/mol.